The second-order valence-corrected chi connectivity index (χ2v) is 4.51. The summed E-state index contributed by atoms with van der Waals surface area (Å²) in [6.45, 7) is 3.96. The zero-order chi connectivity index (χ0) is 10.3. The molecular formula is C11H11BrFN. The molecule has 0 radical (unpaired) electrons. The molecule has 0 amide bonds. The maximum atomic E-state index is 13.3. The quantitative estimate of drug-likeness (QED) is 0.804. The molecule has 0 atom stereocenters. The van der Waals surface area contributed by atoms with E-state index in [1.54, 1.807) is 6.07 Å². The van der Waals surface area contributed by atoms with Crippen molar-refractivity contribution in [2.45, 2.75) is 12.8 Å². The SMILES string of the molecule is C=C(c1cc(F)c(Br)cc1N)C1CC1. The van der Waals surface area contributed by atoms with Crippen molar-refractivity contribution in [3.63, 3.8) is 0 Å². The molecule has 1 saturated carbocycles. The lowest BCUT2D eigenvalue weighted by atomic mass is 10.0. The molecule has 1 aliphatic rings. The van der Waals surface area contributed by atoms with Crippen LogP contribution in [0.15, 0.2) is 23.2 Å². The number of rotatable bonds is 2. The first-order chi connectivity index (χ1) is 6.59. The van der Waals surface area contributed by atoms with Gasteiger partial charge in [-0.3, -0.25) is 0 Å². The molecule has 1 nitrogen and oxygen atoms in total. The summed E-state index contributed by atoms with van der Waals surface area (Å²) in [6.07, 6.45) is 2.30. The summed E-state index contributed by atoms with van der Waals surface area (Å²) in [4.78, 5) is 0. The second-order valence-electron chi connectivity index (χ2n) is 3.65. The van der Waals surface area contributed by atoms with E-state index in [1.165, 1.54) is 6.07 Å². The van der Waals surface area contributed by atoms with Crippen molar-refractivity contribution in [2.75, 3.05) is 5.73 Å². The van der Waals surface area contributed by atoms with Crippen molar-refractivity contribution >= 4 is 27.2 Å². The molecule has 1 aromatic carbocycles. The Hall–Kier alpha value is -0.830. The average Bonchev–Trinajstić information content (AvgIpc) is 2.93. The Morgan fingerprint density at radius 1 is 1.50 bits per heavy atom. The highest BCUT2D eigenvalue weighted by Gasteiger charge is 2.26. The Bertz CT molecular complexity index is 397. The van der Waals surface area contributed by atoms with Crippen molar-refractivity contribution in [2.24, 2.45) is 5.92 Å². The van der Waals surface area contributed by atoms with Crippen LogP contribution in [0.5, 0.6) is 0 Å². The van der Waals surface area contributed by atoms with Gasteiger partial charge < -0.3 is 5.73 Å². The van der Waals surface area contributed by atoms with Crippen LogP contribution in [0.4, 0.5) is 10.1 Å². The number of hydrogen-bond acceptors (Lipinski definition) is 1. The average molecular weight is 256 g/mol. The van der Waals surface area contributed by atoms with Crippen molar-refractivity contribution < 1.29 is 4.39 Å². The number of nitrogens with two attached hydrogens (primary N) is 1. The first-order valence-electron chi connectivity index (χ1n) is 4.53. The topological polar surface area (TPSA) is 26.0 Å². The second kappa shape index (κ2) is 3.39. The summed E-state index contributed by atoms with van der Waals surface area (Å²) < 4.78 is 13.7. The van der Waals surface area contributed by atoms with Crippen LogP contribution >= 0.6 is 15.9 Å². The fraction of sp³-hybridized carbons (Fsp3) is 0.273. The first-order valence-corrected chi connectivity index (χ1v) is 5.32. The third kappa shape index (κ3) is 1.69. The highest BCUT2D eigenvalue weighted by atomic mass is 79.9. The largest absolute Gasteiger partial charge is 0.398 e. The minimum Gasteiger partial charge on any atom is -0.398 e. The van der Waals surface area contributed by atoms with Gasteiger partial charge in [0.05, 0.1) is 4.47 Å². The monoisotopic (exact) mass is 255 g/mol. The Balaban J connectivity index is 2.41. The van der Waals surface area contributed by atoms with Crippen LogP contribution < -0.4 is 5.73 Å². The van der Waals surface area contributed by atoms with Crippen LogP contribution in [-0.4, -0.2) is 0 Å². The molecule has 2 rings (SSSR count). The highest BCUT2D eigenvalue weighted by Crippen LogP contribution is 2.43. The fourth-order valence-electron chi connectivity index (χ4n) is 1.49. The zero-order valence-electron chi connectivity index (χ0n) is 7.69. The lowest BCUT2D eigenvalue weighted by molar-refractivity contribution is 0.621. The first kappa shape index (κ1) is 9.71. The van der Waals surface area contributed by atoms with Gasteiger partial charge in [-0.1, -0.05) is 6.58 Å². The normalized spacial score (nSPS) is 15.6. The van der Waals surface area contributed by atoms with Gasteiger partial charge in [0, 0.05) is 11.3 Å². The zero-order valence-corrected chi connectivity index (χ0v) is 9.27. The standard InChI is InChI=1S/C11H11BrFN/c1-6(7-2-3-7)8-4-10(13)9(12)5-11(8)14/h4-5,7H,1-3,14H2. The number of nitrogen functional groups attached to an aromatic ring is 1. The van der Waals surface area contributed by atoms with Gasteiger partial charge >= 0.3 is 0 Å². The van der Waals surface area contributed by atoms with Crippen LogP contribution in [-0.2, 0) is 0 Å². The molecule has 1 fully saturated rings. The fourth-order valence-corrected chi connectivity index (χ4v) is 1.85. The minimum atomic E-state index is -0.281. The Labute approximate surface area is 90.9 Å². The van der Waals surface area contributed by atoms with Crippen LogP contribution in [0, 0.1) is 11.7 Å². The van der Waals surface area contributed by atoms with E-state index in [2.05, 4.69) is 22.5 Å². The molecule has 74 valence electrons. The molecular weight excluding hydrogens is 245 g/mol. The molecule has 1 aliphatic carbocycles. The number of halogens is 2. The van der Waals surface area contributed by atoms with Crippen LogP contribution in [0.3, 0.4) is 0 Å². The molecule has 0 aromatic heterocycles. The summed E-state index contributed by atoms with van der Waals surface area (Å²) in [7, 11) is 0. The molecule has 0 aliphatic heterocycles. The molecule has 14 heavy (non-hydrogen) atoms. The maximum absolute atomic E-state index is 13.3. The number of hydrogen-bond donors (Lipinski definition) is 1. The lowest BCUT2D eigenvalue weighted by Crippen LogP contribution is -1.96. The van der Waals surface area contributed by atoms with Crippen molar-refractivity contribution in [1.29, 1.82) is 0 Å². The smallest absolute Gasteiger partial charge is 0.138 e. The molecule has 0 heterocycles. The van der Waals surface area contributed by atoms with E-state index in [1.807, 2.05) is 0 Å². The summed E-state index contributed by atoms with van der Waals surface area (Å²) in [5, 5.41) is 0. The Kier molecular flexibility index (Phi) is 2.35. The van der Waals surface area contributed by atoms with Gasteiger partial charge in [0.15, 0.2) is 0 Å². The van der Waals surface area contributed by atoms with E-state index in [9.17, 15) is 4.39 Å². The van der Waals surface area contributed by atoms with Crippen molar-refractivity contribution in [3.8, 4) is 0 Å². The van der Waals surface area contributed by atoms with E-state index in [0.29, 0.717) is 16.1 Å². The van der Waals surface area contributed by atoms with Crippen LogP contribution in [0.2, 0.25) is 0 Å². The van der Waals surface area contributed by atoms with E-state index in [4.69, 9.17) is 5.73 Å². The van der Waals surface area contributed by atoms with E-state index in [-0.39, 0.29) is 5.82 Å². The van der Waals surface area contributed by atoms with Crippen molar-refractivity contribution in [3.05, 3.63) is 34.6 Å². The summed E-state index contributed by atoms with van der Waals surface area (Å²) >= 11 is 3.10. The van der Waals surface area contributed by atoms with E-state index >= 15 is 0 Å². The third-order valence-electron chi connectivity index (χ3n) is 2.51. The minimum absolute atomic E-state index is 0.281. The number of anilines is 1. The predicted octanol–water partition coefficient (Wildman–Crippen LogP) is 3.59. The highest BCUT2D eigenvalue weighted by molar-refractivity contribution is 9.10. The molecule has 0 spiro atoms. The molecule has 3 heteroatoms. The third-order valence-corrected chi connectivity index (χ3v) is 3.12. The van der Waals surface area contributed by atoms with Crippen LogP contribution in [0.25, 0.3) is 5.57 Å². The molecule has 2 N–H and O–H groups in total. The Morgan fingerprint density at radius 3 is 2.71 bits per heavy atom. The van der Waals surface area contributed by atoms with Gasteiger partial charge in [-0.2, -0.15) is 0 Å². The maximum Gasteiger partial charge on any atom is 0.138 e. The molecule has 0 unspecified atom stereocenters. The Morgan fingerprint density at radius 2 is 2.14 bits per heavy atom. The summed E-state index contributed by atoms with van der Waals surface area (Å²) in [6, 6.07) is 3.05. The molecule has 1 aromatic rings. The van der Waals surface area contributed by atoms with Gasteiger partial charge in [-0.15, -0.1) is 0 Å². The van der Waals surface area contributed by atoms with Gasteiger partial charge in [0.1, 0.15) is 5.82 Å². The van der Waals surface area contributed by atoms with E-state index < -0.39 is 0 Å². The number of allylic oxidation sites excluding steroid dienone is 1. The van der Waals surface area contributed by atoms with Gasteiger partial charge in [-0.25, -0.2) is 4.39 Å². The lowest BCUT2D eigenvalue weighted by Gasteiger charge is -2.09. The van der Waals surface area contributed by atoms with E-state index in [0.717, 1.165) is 24.0 Å². The van der Waals surface area contributed by atoms with Gasteiger partial charge in [0.2, 0.25) is 0 Å². The summed E-state index contributed by atoms with van der Waals surface area (Å²) in [5.74, 6) is 0.230. The molecule has 0 bridgehead atoms. The molecule has 0 saturated heterocycles. The van der Waals surface area contributed by atoms with Gasteiger partial charge in [0.25, 0.3) is 0 Å². The van der Waals surface area contributed by atoms with Crippen molar-refractivity contribution in [1.82, 2.24) is 0 Å². The summed E-state index contributed by atoms with van der Waals surface area (Å²) in [5.41, 5.74) is 8.12. The number of benzene rings is 1. The predicted molar refractivity (Wildman–Crippen MR) is 60.3 cm³/mol. The van der Waals surface area contributed by atoms with Crippen LogP contribution in [0.1, 0.15) is 18.4 Å². The van der Waals surface area contributed by atoms with Gasteiger partial charge in [-0.05, 0) is 52.4 Å².